The third-order valence-electron chi connectivity index (χ3n) is 1.33. The summed E-state index contributed by atoms with van der Waals surface area (Å²) >= 11 is 4.14. The van der Waals surface area contributed by atoms with Crippen LogP contribution in [0.5, 0.6) is 0 Å². The standard InChI is InChI=1S/C8H16OS/c1-3-4-5-8(9)6-7(2)10/h7,10H,3-6H2,1-2H3. The SMILES string of the molecule is CCCCC(=O)CC(C)S. The van der Waals surface area contributed by atoms with Gasteiger partial charge in [0.15, 0.2) is 0 Å². The molecule has 0 rings (SSSR count). The maximum atomic E-state index is 11.0. The molecule has 1 nitrogen and oxygen atoms in total. The van der Waals surface area contributed by atoms with Crippen LogP contribution in [0.4, 0.5) is 0 Å². The van der Waals surface area contributed by atoms with Crippen LogP contribution < -0.4 is 0 Å². The first-order valence-corrected chi connectivity index (χ1v) is 4.38. The molecular weight excluding hydrogens is 144 g/mol. The lowest BCUT2D eigenvalue weighted by Gasteiger charge is -2.00. The number of Topliss-reactive ketones (excluding diaryl/α,β-unsaturated/α-hetero) is 1. The van der Waals surface area contributed by atoms with E-state index in [1.165, 1.54) is 0 Å². The van der Waals surface area contributed by atoms with Crippen molar-refractivity contribution in [1.82, 2.24) is 0 Å². The van der Waals surface area contributed by atoms with Crippen molar-refractivity contribution in [3.8, 4) is 0 Å². The number of unbranched alkanes of at least 4 members (excludes halogenated alkanes) is 1. The molecule has 0 aromatic heterocycles. The van der Waals surface area contributed by atoms with E-state index in [0.717, 1.165) is 19.3 Å². The van der Waals surface area contributed by atoms with Gasteiger partial charge < -0.3 is 0 Å². The first-order chi connectivity index (χ1) is 4.66. The number of hydrogen-bond acceptors (Lipinski definition) is 2. The molecule has 0 aliphatic rings. The number of rotatable bonds is 5. The van der Waals surface area contributed by atoms with Crippen LogP contribution in [0.3, 0.4) is 0 Å². The lowest BCUT2D eigenvalue weighted by Crippen LogP contribution is -2.03. The van der Waals surface area contributed by atoms with Crippen LogP contribution in [0.25, 0.3) is 0 Å². The predicted octanol–water partition coefficient (Wildman–Crippen LogP) is 2.45. The maximum absolute atomic E-state index is 11.0. The molecule has 1 unspecified atom stereocenters. The first kappa shape index (κ1) is 10.0. The van der Waals surface area contributed by atoms with Crippen LogP contribution in [0.2, 0.25) is 0 Å². The summed E-state index contributed by atoms with van der Waals surface area (Å²) in [5.74, 6) is 0.351. The van der Waals surface area contributed by atoms with Crippen molar-refractivity contribution < 1.29 is 4.79 Å². The van der Waals surface area contributed by atoms with Crippen molar-refractivity contribution in [3.63, 3.8) is 0 Å². The molecule has 0 heterocycles. The Morgan fingerprint density at radius 1 is 1.60 bits per heavy atom. The van der Waals surface area contributed by atoms with E-state index >= 15 is 0 Å². The highest BCUT2D eigenvalue weighted by molar-refractivity contribution is 7.80. The average molecular weight is 160 g/mol. The molecule has 10 heavy (non-hydrogen) atoms. The minimum atomic E-state index is 0.226. The highest BCUT2D eigenvalue weighted by Gasteiger charge is 2.03. The molecule has 0 spiro atoms. The monoisotopic (exact) mass is 160 g/mol. The molecule has 0 saturated heterocycles. The zero-order chi connectivity index (χ0) is 7.98. The van der Waals surface area contributed by atoms with Crippen molar-refractivity contribution in [1.29, 1.82) is 0 Å². The summed E-state index contributed by atoms with van der Waals surface area (Å²) in [6.07, 6.45) is 3.50. The Balaban J connectivity index is 3.26. The fourth-order valence-corrected chi connectivity index (χ4v) is 1.01. The van der Waals surface area contributed by atoms with Crippen LogP contribution in [0.15, 0.2) is 0 Å². The van der Waals surface area contributed by atoms with Crippen molar-refractivity contribution in [2.75, 3.05) is 0 Å². The van der Waals surface area contributed by atoms with Crippen LogP contribution in [-0.2, 0) is 4.79 Å². The fraction of sp³-hybridized carbons (Fsp3) is 0.875. The van der Waals surface area contributed by atoms with Crippen molar-refractivity contribution >= 4 is 18.4 Å². The van der Waals surface area contributed by atoms with Gasteiger partial charge in [0.05, 0.1) is 0 Å². The van der Waals surface area contributed by atoms with E-state index in [4.69, 9.17) is 0 Å². The topological polar surface area (TPSA) is 17.1 Å². The smallest absolute Gasteiger partial charge is 0.133 e. The number of hydrogen-bond donors (Lipinski definition) is 1. The molecular formula is C8H16OS. The minimum Gasteiger partial charge on any atom is -0.300 e. The number of thiol groups is 1. The summed E-state index contributed by atoms with van der Waals surface area (Å²) in [6.45, 7) is 4.05. The van der Waals surface area contributed by atoms with E-state index in [-0.39, 0.29) is 5.25 Å². The zero-order valence-corrected chi connectivity index (χ0v) is 7.66. The Kier molecular flexibility index (Phi) is 5.79. The van der Waals surface area contributed by atoms with Gasteiger partial charge in [0.25, 0.3) is 0 Å². The Hall–Kier alpha value is 0.0200. The zero-order valence-electron chi connectivity index (χ0n) is 6.76. The molecule has 2 heteroatoms. The van der Waals surface area contributed by atoms with Gasteiger partial charge in [0.1, 0.15) is 5.78 Å². The van der Waals surface area contributed by atoms with Gasteiger partial charge >= 0.3 is 0 Å². The molecule has 0 aliphatic heterocycles. The van der Waals surface area contributed by atoms with Gasteiger partial charge in [-0.25, -0.2) is 0 Å². The molecule has 0 aromatic carbocycles. The van der Waals surface area contributed by atoms with E-state index < -0.39 is 0 Å². The molecule has 0 fully saturated rings. The lowest BCUT2D eigenvalue weighted by atomic mass is 10.1. The van der Waals surface area contributed by atoms with E-state index in [0.29, 0.717) is 12.2 Å². The van der Waals surface area contributed by atoms with E-state index in [1.54, 1.807) is 0 Å². The number of carbonyl (C=O) groups excluding carboxylic acids is 1. The molecule has 0 saturated carbocycles. The normalized spacial score (nSPS) is 13.1. The molecule has 0 aliphatic carbocycles. The Bertz CT molecular complexity index is 99.4. The van der Waals surface area contributed by atoms with Gasteiger partial charge in [-0.1, -0.05) is 20.3 Å². The van der Waals surface area contributed by atoms with Gasteiger partial charge in [-0.05, 0) is 6.42 Å². The summed E-state index contributed by atoms with van der Waals surface area (Å²) in [5.41, 5.74) is 0. The third kappa shape index (κ3) is 6.14. The van der Waals surface area contributed by atoms with E-state index in [1.807, 2.05) is 6.92 Å². The Morgan fingerprint density at radius 3 is 2.60 bits per heavy atom. The van der Waals surface area contributed by atoms with Crippen LogP contribution in [0.1, 0.15) is 39.5 Å². The first-order valence-electron chi connectivity index (χ1n) is 3.86. The summed E-state index contributed by atoms with van der Waals surface area (Å²) < 4.78 is 0. The largest absolute Gasteiger partial charge is 0.300 e. The maximum Gasteiger partial charge on any atom is 0.133 e. The molecule has 0 N–H and O–H groups in total. The summed E-state index contributed by atoms with van der Waals surface area (Å²) in [4.78, 5) is 11.0. The van der Waals surface area contributed by atoms with Crippen molar-refractivity contribution in [2.24, 2.45) is 0 Å². The van der Waals surface area contributed by atoms with Crippen molar-refractivity contribution in [3.05, 3.63) is 0 Å². The minimum absolute atomic E-state index is 0.226. The van der Waals surface area contributed by atoms with Gasteiger partial charge in [-0.2, -0.15) is 12.6 Å². The molecule has 60 valence electrons. The average Bonchev–Trinajstić information content (AvgIpc) is 1.82. The summed E-state index contributed by atoms with van der Waals surface area (Å²) in [5, 5.41) is 0.226. The van der Waals surface area contributed by atoms with Crippen LogP contribution >= 0.6 is 12.6 Å². The Morgan fingerprint density at radius 2 is 2.20 bits per heavy atom. The highest BCUT2D eigenvalue weighted by atomic mass is 32.1. The van der Waals surface area contributed by atoms with Gasteiger partial charge in [0.2, 0.25) is 0 Å². The van der Waals surface area contributed by atoms with Crippen LogP contribution in [-0.4, -0.2) is 11.0 Å². The molecule has 1 atom stereocenters. The molecule has 0 aromatic rings. The fourth-order valence-electron chi connectivity index (χ4n) is 0.805. The van der Waals surface area contributed by atoms with E-state index in [9.17, 15) is 4.79 Å². The quantitative estimate of drug-likeness (QED) is 0.611. The second-order valence-corrected chi connectivity index (χ2v) is 3.58. The predicted molar refractivity (Wildman–Crippen MR) is 47.6 cm³/mol. The Labute approximate surface area is 68.6 Å². The molecule has 0 amide bonds. The second-order valence-electron chi connectivity index (χ2n) is 2.70. The molecule has 0 bridgehead atoms. The second kappa shape index (κ2) is 5.78. The van der Waals surface area contributed by atoms with Gasteiger partial charge in [-0.3, -0.25) is 4.79 Å². The van der Waals surface area contributed by atoms with Crippen LogP contribution in [0, 0.1) is 0 Å². The lowest BCUT2D eigenvalue weighted by molar-refractivity contribution is -0.119. The third-order valence-corrected chi connectivity index (χ3v) is 1.51. The summed E-state index contributed by atoms with van der Waals surface area (Å²) in [6, 6.07) is 0. The molecule has 0 radical (unpaired) electrons. The van der Waals surface area contributed by atoms with E-state index in [2.05, 4.69) is 19.6 Å². The van der Waals surface area contributed by atoms with Crippen molar-refractivity contribution in [2.45, 2.75) is 44.8 Å². The number of carbonyl (C=O) groups is 1. The number of ketones is 1. The van der Waals surface area contributed by atoms with Gasteiger partial charge in [-0.15, -0.1) is 0 Å². The summed E-state index contributed by atoms with van der Waals surface area (Å²) in [7, 11) is 0. The highest BCUT2D eigenvalue weighted by Crippen LogP contribution is 2.04. The van der Waals surface area contributed by atoms with Gasteiger partial charge in [0, 0.05) is 18.1 Å².